The van der Waals surface area contributed by atoms with Gasteiger partial charge in [-0.25, -0.2) is 5.48 Å². The summed E-state index contributed by atoms with van der Waals surface area (Å²) in [5.74, 6) is -0.529. The molecule has 1 aromatic rings. The number of hydrogen-bond donors (Lipinski definition) is 5. The molecule has 25 heavy (non-hydrogen) atoms. The van der Waals surface area contributed by atoms with Crippen molar-refractivity contribution in [3.05, 3.63) is 29.8 Å². The summed E-state index contributed by atoms with van der Waals surface area (Å²) < 4.78 is 0. The topological polar surface area (TPSA) is 116 Å². The number of carbonyl (C=O) groups excluding carboxylic acids is 2. The summed E-state index contributed by atoms with van der Waals surface area (Å²) in [7, 11) is 0. The monoisotopic (exact) mass is 350 g/mol. The van der Waals surface area contributed by atoms with Gasteiger partial charge < -0.3 is 16.4 Å². The second kappa shape index (κ2) is 8.82. The molecule has 0 heterocycles. The number of rotatable bonds is 9. The van der Waals surface area contributed by atoms with Crippen molar-refractivity contribution < 1.29 is 14.8 Å². The zero-order valence-electron chi connectivity index (χ0n) is 15.5. The van der Waals surface area contributed by atoms with E-state index in [1.807, 2.05) is 0 Å². The molecule has 0 spiro atoms. The zero-order valence-corrected chi connectivity index (χ0v) is 15.5. The maximum Gasteiger partial charge on any atom is 0.251 e. The SMILES string of the molecule is CC(C)(CNCCNC(=O)c1ccc(N)cc1)CC(C)(C)C(=O)NO. The molecule has 1 aromatic carbocycles. The van der Waals surface area contributed by atoms with Crippen LogP contribution in [-0.2, 0) is 4.79 Å². The largest absolute Gasteiger partial charge is 0.399 e. The Morgan fingerprint density at radius 3 is 2.24 bits per heavy atom. The molecule has 0 radical (unpaired) electrons. The van der Waals surface area contributed by atoms with Gasteiger partial charge in [-0.2, -0.15) is 0 Å². The Bertz CT molecular complexity index is 582. The van der Waals surface area contributed by atoms with Crippen LogP contribution in [0, 0.1) is 10.8 Å². The molecule has 0 atom stereocenters. The molecule has 0 bridgehead atoms. The van der Waals surface area contributed by atoms with Gasteiger partial charge in [-0.15, -0.1) is 0 Å². The first kappa shape index (κ1) is 20.9. The number of nitrogens with two attached hydrogens (primary N) is 1. The fourth-order valence-corrected chi connectivity index (χ4v) is 2.92. The number of nitrogen functional groups attached to an aromatic ring is 1. The summed E-state index contributed by atoms with van der Waals surface area (Å²) >= 11 is 0. The van der Waals surface area contributed by atoms with Crippen LogP contribution in [0.2, 0.25) is 0 Å². The minimum atomic E-state index is -0.663. The number of benzene rings is 1. The number of anilines is 1. The molecule has 0 aromatic heterocycles. The summed E-state index contributed by atoms with van der Waals surface area (Å²) in [6.07, 6.45) is 0.608. The fraction of sp³-hybridized carbons (Fsp3) is 0.556. The van der Waals surface area contributed by atoms with Crippen LogP contribution in [0.3, 0.4) is 0 Å². The minimum absolute atomic E-state index is 0.137. The van der Waals surface area contributed by atoms with E-state index in [0.717, 1.165) is 0 Å². The summed E-state index contributed by atoms with van der Waals surface area (Å²) in [5.41, 5.74) is 7.71. The van der Waals surface area contributed by atoms with Crippen LogP contribution in [0.15, 0.2) is 24.3 Å². The molecule has 0 unspecified atom stereocenters. The van der Waals surface area contributed by atoms with Gasteiger partial charge in [0.15, 0.2) is 0 Å². The maximum absolute atomic E-state index is 12.0. The quantitative estimate of drug-likeness (QED) is 0.200. The number of carbonyl (C=O) groups is 2. The maximum atomic E-state index is 12.0. The summed E-state index contributed by atoms with van der Waals surface area (Å²) in [6.45, 7) is 9.52. The van der Waals surface area contributed by atoms with Crippen molar-refractivity contribution in [1.82, 2.24) is 16.1 Å². The zero-order chi connectivity index (χ0) is 19.1. The first-order valence-electron chi connectivity index (χ1n) is 8.36. The molecule has 2 amide bonds. The molecule has 0 saturated heterocycles. The van der Waals surface area contributed by atoms with E-state index in [9.17, 15) is 9.59 Å². The summed E-state index contributed by atoms with van der Waals surface area (Å²) in [4.78, 5) is 23.6. The highest BCUT2D eigenvalue weighted by molar-refractivity contribution is 5.94. The lowest BCUT2D eigenvalue weighted by Gasteiger charge is -2.33. The Balaban J connectivity index is 2.33. The Hall–Kier alpha value is -2.12. The fourth-order valence-electron chi connectivity index (χ4n) is 2.92. The first-order chi connectivity index (χ1) is 11.6. The predicted molar refractivity (Wildman–Crippen MR) is 98.2 cm³/mol. The van der Waals surface area contributed by atoms with Crippen LogP contribution in [0.25, 0.3) is 0 Å². The van der Waals surface area contributed by atoms with Crippen LogP contribution in [0.1, 0.15) is 44.5 Å². The van der Waals surface area contributed by atoms with Gasteiger partial charge in [0.25, 0.3) is 5.91 Å². The molecule has 0 aliphatic heterocycles. The van der Waals surface area contributed by atoms with Crippen LogP contribution in [-0.4, -0.2) is 36.7 Å². The molecule has 0 fully saturated rings. The number of amides is 2. The van der Waals surface area contributed by atoms with Gasteiger partial charge in [0.1, 0.15) is 0 Å². The molecular formula is C18H30N4O3. The average molecular weight is 350 g/mol. The van der Waals surface area contributed by atoms with Gasteiger partial charge in [0.05, 0.1) is 0 Å². The predicted octanol–water partition coefficient (Wildman–Crippen LogP) is 1.54. The highest BCUT2D eigenvalue weighted by Crippen LogP contribution is 2.33. The first-order valence-corrected chi connectivity index (χ1v) is 8.36. The van der Waals surface area contributed by atoms with Gasteiger partial charge in [0, 0.05) is 36.3 Å². The van der Waals surface area contributed by atoms with Gasteiger partial charge in [-0.3, -0.25) is 14.8 Å². The van der Waals surface area contributed by atoms with E-state index in [0.29, 0.717) is 37.3 Å². The van der Waals surface area contributed by atoms with Gasteiger partial charge >= 0.3 is 0 Å². The Morgan fingerprint density at radius 2 is 1.68 bits per heavy atom. The van der Waals surface area contributed by atoms with Crippen LogP contribution >= 0.6 is 0 Å². The molecule has 1 rings (SSSR count). The highest BCUT2D eigenvalue weighted by atomic mass is 16.5. The van der Waals surface area contributed by atoms with Crippen molar-refractivity contribution in [2.24, 2.45) is 10.8 Å². The Morgan fingerprint density at radius 1 is 1.08 bits per heavy atom. The highest BCUT2D eigenvalue weighted by Gasteiger charge is 2.34. The lowest BCUT2D eigenvalue weighted by Crippen LogP contribution is -2.42. The lowest BCUT2D eigenvalue weighted by molar-refractivity contribution is -0.139. The van der Waals surface area contributed by atoms with E-state index in [-0.39, 0.29) is 11.3 Å². The smallest absolute Gasteiger partial charge is 0.251 e. The molecule has 7 nitrogen and oxygen atoms in total. The van der Waals surface area contributed by atoms with Gasteiger partial charge in [-0.05, 0) is 36.1 Å². The third-order valence-electron chi connectivity index (χ3n) is 4.00. The molecule has 6 N–H and O–H groups in total. The molecule has 140 valence electrons. The minimum Gasteiger partial charge on any atom is -0.399 e. The molecule has 0 aliphatic rings. The third kappa shape index (κ3) is 7.11. The average Bonchev–Trinajstić information content (AvgIpc) is 2.53. The van der Waals surface area contributed by atoms with Crippen molar-refractivity contribution in [2.75, 3.05) is 25.4 Å². The van der Waals surface area contributed by atoms with Crippen LogP contribution < -0.4 is 21.8 Å². The van der Waals surface area contributed by atoms with E-state index < -0.39 is 11.3 Å². The number of hydroxylamine groups is 1. The normalized spacial score (nSPS) is 11.9. The van der Waals surface area contributed by atoms with Crippen molar-refractivity contribution in [2.45, 2.75) is 34.1 Å². The van der Waals surface area contributed by atoms with Crippen molar-refractivity contribution >= 4 is 17.5 Å². The lowest BCUT2D eigenvalue weighted by atomic mass is 9.74. The van der Waals surface area contributed by atoms with Crippen molar-refractivity contribution in [1.29, 1.82) is 0 Å². The van der Waals surface area contributed by atoms with E-state index in [1.54, 1.807) is 43.6 Å². The van der Waals surface area contributed by atoms with Crippen molar-refractivity contribution in [3.63, 3.8) is 0 Å². The van der Waals surface area contributed by atoms with E-state index in [2.05, 4.69) is 24.5 Å². The van der Waals surface area contributed by atoms with E-state index >= 15 is 0 Å². The standard InChI is InChI=1S/C18H30N4O3/c1-17(2,11-18(3,4)16(24)22-25)12-20-9-10-21-15(23)13-5-7-14(19)8-6-13/h5-8,20,25H,9-12,19H2,1-4H3,(H,21,23)(H,22,24). The number of nitrogens with one attached hydrogen (secondary N) is 3. The molecule has 0 aliphatic carbocycles. The van der Waals surface area contributed by atoms with E-state index in [1.165, 1.54) is 0 Å². The molecular weight excluding hydrogens is 320 g/mol. The third-order valence-corrected chi connectivity index (χ3v) is 4.00. The van der Waals surface area contributed by atoms with Gasteiger partial charge in [-0.1, -0.05) is 27.7 Å². The van der Waals surface area contributed by atoms with Gasteiger partial charge in [0.2, 0.25) is 5.91 Å². The second-order valence-electron chi connectivity index (χ2n) is 7.72. The van der Waals surface area contributed by atoms with Crippen molar-refractivity contribution in [3.8, 4) is 0 Å². The Labute approximate surface area is 149 Å². The second-order valence-corrected chi connectivity index (χ2v) is 7.72. The van der Waals surface area contributed by atoms with E-state index in [4.69, 9.17) is 10.9 Å². The van der Waals surface area contributed by atoms with Crippen LogP contribution in [0.4, 0.5) is 5.69 Å². The summed E-state index contributed by atoms with van der Waals surface area (Å²) in [5, 5.41) is 14.9. The summed E-state index contributed by atoms with van der Waals surface area (Å²) in [6, 6.07) is 6.77. The molecule has 7 heteroatoms. The Kier molecular flexibility index (Phi) is 7.38. The number of hydrogen-bond acceptors (Lipinski definition) is 5. The van der Waals surface area contributed by atoms with Crippen LogP contribution in [0.5, 0.6) is 0 Å². The molecule has 0 saturated carbocycles.